The molecule has 2 amide bonds. The second-order valence-corrected chi connectivity index (χ2v) is 6.71. The Hall–Kier alpha value is -1.36. The lowest BCUT2D eigenvalue weighted by molar-refractivity contribution is -0.124. The zero-order valence-corrected chi connectivity index (χ0v) is 14.2. The summed E-state index contributed by atoms with van der Waals surface area (Å²) in [5.74, 6) is -0.348. The van der Waals surface area contributed by atoms with Crippen molar-refractivity contribution < 1.29 is 9.59 Å². The van der Waals surface area contributed by atoms with Crippen LogP contribution in [0.25, 0.3) is 0 Å². The number of nitrogens with one attached hydrogen (secondary N) is 1. The van der Waals surface area contributed by atoms with Gasteiger partial charge in [0.15, 0.2) is 0 Å². The molecule has 4 nitrogen and oxygen atoms in total. The maximum Gasteiger partial charge on any atom is 0.240 e. The maximum absolute atomic E-state index is 12.0. The van der Waals surface area contributed by atoms with Crippen molar-refractivity contribution in [3.8, 4) is 0 Å². The molecule has 0 fully saturated rings. The average Bonchev–Trinajstić information content (AvgIpc) is 2.23. The van der Waals surface area contributed by atoms with Gasteiger partial charge in [-0.15, -0.1) is 0 Å². The first-order valence-electron chi connectivity index (χ1n) is 6.45. The summed E-state index contributed by atoms with van der Waals surface area (Å²) in [6, 6.07) is 5.68. The Morgan fingerprint density at radius 1 is 1.30 bits per heavy atom. The van der Waals surface area contributed by atoms with Crippen molar-refractivity contribution >= 4 is 33.4 Å². The van der Waals surface area contributed by atoms with E-state index in [0.717, 1.165) is 10.0 Å². The summed E-state index contributed by atoms with van der Waals surface area (Å²) in [4.78, 5) is 25.3. The van der Waals surface area contributed by atoms with Gasteiger partial charge in [0.1, 0.15) is 6.54 Å². The fourth-order valence-electron chi connectivity index (χ4n) is 1.80. The van der Waals surface area contributed by atoms with Crippen LogP contribution in [0, 0.1) is 6.92 Å². The molecular formula is C15H21BrN2O2. The molecule has 0 bridgehead atoms. The molecular weight excluding hydrogens is 320 g/mol. The van der Waals surface area contributed by atoms with Gasteiger partial charge in [-0.25, -0.2) is 0 Å². The zero-order chi connectivity index (χ0) is 15.5. The molecule has 0 heterocycles. The number of rotatable bonds is 3. The molecule has 20 heavy (non-hydrogen) atoms. The molecule has 0 aromatic heterocycles. The molecule has 1 aromatic rings. The van der Waals surface area contributed by atoms with Gasteiger partial charge < -0.3 is 10.2 Å². The molecule has 0 aliphatic rings. The van der Waals surface area contributed by atoms with Crippen molar-refractivity contribution in [3.63, 3.8) is 0 Å². The average molecular weight is 341 g/mol. The highest BCUT2D eigenvalue weighted by atomic mass is 79.9. The van der Waals surface area contributed by atoms with Gasteiger partial charge in [-0.3, -0.25) is 9.59 Å². The Labute approximate surface area is 128 Å². The van der Waals surface area contributed by atoms with Gasteiger partial charge in [0.05, 0.1) is 5.69 Å². The highest BCUT2D eigenvalue weighted by Gasteiger charge is 2.21. The second kappa shape index (κ2) is 6.39. The van der Waals surface area contributed by atoms with E-state index in [1.165, 1.54) is 11.8 Å². The zero-order valence-electron chi connectivity index (χ0n) is 12.6. The highest BCUT2D eigenvalue weighted by Crippen LogP contribution is 2.27. The minimum absolute atomic E-state index is 0.00820. The summed E-state index contributed by atoms with van der Waals surface area (Å²) in [6.07, 6.45) is 0. The fraction of sp³-hybridized carbons (Fsp3) is 0.467. The van der Waals surface area contributed by atoms with E-state index in [0.29, 0.717) is 5.69 Å². The number of halogens is 1. The molecule has 0 unspecified atom stereocenters. The second-order valence-electron chi connectivity index (χ2n) is 5.86. The number of carbonyl (C=O) groups is 2. The van der Waals surface area contributed by atoms with Gasteiger partial charge in [-0.05, 0) is 61.3 Å². The molecule has 0 spiro atoms. The monoisotopic (exact) mass is 340 g/mol. The van der Waals surface area contributed by atoms with Crippen LogP contribution in [-0.2, 0) is 9.59 Å². The minimum atomic E-state index is -0.315. The van der Waals surface area contributed by atoms with E-state index >= 15 is 0 Å². The molecule has 1 aromatic carbocycles. The van der Waals surface area contributed by atoms with Crippen molar-refractivity contribution in [2.45, 2.75) is 40.2 Å². The lowest BCUT2D eigenvalue weighted by Crippen LogP contribution is -2.47. The lowest BCUT2D eigenvalue weighted by Gasteiger charge is -2.26. The van der Waals surface area contributed by atoms with Gasteiger partial charge in [0.2, 0.25) is 11.8 Å². The van der Waals surface area contributed by atoms with E-state index < -0.39 is 0 Å². The van der Waals surface area contributed by atoms with Crippen LogP contribution in [0.1, 0.15) is 33.3 Å². The molecule has 5 heteroatoms. The number of hydrogen-bond acceptors (Lipinski definition) is 2. The number of carbonyl (C=O) groups excluding carboxylic acids is 2. The van der Waals surface area contributed by atoms with E-state index in [1.807, 2.05) is 45.9 Å². The normalized spacial score (nSPS) is 11.1. The predicted octanol–water partition coefficient (Wildman–Crippen LogP) is 3.03. The van der Waals surface area contributed by atoms with Crippen LogP contribution in [0.2, 0.25) is 0 Å². The van der Waals surface area contributed by atoms with Crippen molar-refractivity contribution in [3.05, 3.63) is 28.2 Å². The van der Waals surface area contributed by atoms with Crippen LogP contribution < -0.4 is 10.2 Å². The molecule has 110 valence electrons. The third-order valence-electron chi connectivity index (χ3n) is 2.59. The summed E-state index contributed by atoms with van der Waals surface area (Å²) in [6.45, 7) is 9.16. The van der Waals surface area contributed by atoms with E-state index in [9.17, 15) is 9.59 Å². The smallest absolute Gasteiger partial charge is 0.240 e. The Morgan fingerprint density at radius 3 is 2.35 bits per heavy atom. The van der Waals surface area contributed by atoms with Crippen LogP contribution in [-0.4, -0.2) is 23.9 Å². The lowest BCUT2D eigenvalue weighted by atomic mass is 10.1. The summed E-state index contributed by atoms with van der Waals surface area (Å²) in [5, 5.41) is 2.86. The standard InChI is InChI=1S/C15H21BrN2O2/c1-10-6-7-13(12(16)8-10)18(11(2)19)9-14(20)17-15(3,4)5/h6-8H,9H2,1-5H3,(H,17,20). The molecule has 1 N–H and O–H groups in total. The van der Waals surface area contributed by atoms with Crippen LogP contribution in [0.5, 0.6) is 0 Å². The molecule has 0 radical (unpaired) electrons. The summed E-state index contributed by atoms with van der Waals surface area (Å²) >= 11 is 3.44. The van der Waals surface area contributed by atoms with E-state index in [-0.39, 0.29) is 23.9 Å². The molecule has 0 aliphatic heterocycles. The topological polar surface area (TPSA) is 49.4 Å². The first-order valence-corrected chi connectivity index (χ1v) is 7.25. The highest BCUT2D eigenvalue weighted by molar-refractivity contribution is 9.10. The number of amides is 2. The molecule has 0 saturated heterocycles. The molecule has 1 rings (SSSR count). The van der Waals surface area contributed by atoms with Gasteiger partial charge in [-0.2, -0.15) is 0 Å². The fourth-order valence-corrected chi connectivity index (χ4v) is 2.51. The Kier molecular flexibility index (Phi) is 5.34. The van der Waals surface area contributed by atoms with Gasteiger partial charge in [0, 0.05) is 16.9 Å². The van der Waals surface area contributed by atoms with Gasteiger partial charge >= 0.3 is 0 Å². The Morgan fingerprint density at radius 2 is 1.90 bits per heavy atom. The molecule has 0 aliphatic carbocycles. The van der Waals surface area contributed by atoms with Crippen LogP contribution in [0.15, 0.2) is 22.7 Å². The van der Waals surface area contributed by atoms with Crippen molar-refractivity contribution in [1.29, 1.82) is 0 Å². The van der Waals surface area contributed by atoms with E-state index in [1.54, 1.807) is 0 Å². The third kappa shape index (κ3) is 4.96. The van der Waals surface area contributed by atoms with Crippen molar-refractivity contribution in [2.75, 3.05) is 11.4 Å². The molecule has 0 saturated carbocycles. The number of aryl methyl sites for hydroxylation is 1. The minimum Gasteiger partial charge on any atom is -0.350 e. The first kappa shape index (κ1) is 16.7. The largest absolute Gasteiger partial charge is 0.350 e. The first-order chi connectivity index (χ1) is 9.10. The van der Waals surface area contributed by atoms with Crippen molar-refractivity contribution in [2.24, 2.45) is 0 Å². The van der Waals surface area contributed by atoms with Crippen LogP contribution >= 0.6 is 15.9 Å². The Balaban J connectivity index is 2.96. The van der Waals surface area contributed by atoms with E-state index in [2.05, 4.69) is 21.2 Å². The summed E-state index contributed by atoms with van der Waals surface area (Å²) in [7, 11) is 0. The van der Waals surface area contributed by atoms with Crippen LogP contribution in [0.4, 0.5) is 5.69 Å². The van der Waals surface area contributed by atoms with Gasteiger partial charge in [-0.1, -0.05) is 6.07 Å². The predicted molar refractivity (Wildman–Crippen MR) is 84.8 cm³/mol. The number of nitrogens with zero attached hydrogens (tertiary/aromatic N) is 1. The Bertz CT molecular complexity index is 521. The number of benzene rings is 1. The van der Waals surface area contributed by atoms with E-state index in [4.69, 9.17) is 0 Å². The van der Waals surface area contributed by atoms with Gasteiger partial charge in [0.25, 0.3) is 0 Å². The summed E-state index contributed by atoms with van der Waals surface area (Å²) in [5.41, 5.74) is 1.47. The maximum atomic E-state index is 12.0. The third-order valence-corrected chi connectivity index (χ3v) is 3.23. The van der Waals surface area contributed by atoms with Crippen molar-refractivity contribution in [1.82, 2.24) is 5.32 Å². The van der Waals surface area contributed by atoms with Crippen LogP contribution in [0.3, 0.4) is 0 Å². The SMILES string of the molecule is CC(=O)N(CC(=O)NC(C)(C)C)c1ccc(C)cc1Br. The summed E-state index contributed by atoms with van der Waals surface area (Å²) < 4.78 is 0.802. The quantitative estimate of drug-likeness (QED) is 0.919. The number of anilines is 1. The molecule has 0 atom stereocenters. The number of hydrogen-bond donors (Lipinski definition) is 1.